The van der Waals surface area contributed by atoms with E-state index in [0.717, 1.165) is 6.42 Å². The van der Waals surface area contributed by atoms with Crippen LogP contribution in [0.2, 0.25) is 0 Å². The first-order valence-corrected chi connectivity index (χ1v) is 2.91. The van der Waals surface area contributed by atoms with Gasteiger partial charge in [0.25, 0.3) is 0 Å². The van der Waals surface area contributed by atoms with Crippen molar-refractivity contribution in [3.63, 3.8) is 0 Å². The third kappa shape index (κ3) is 2.75. The fraction of sp³-hybridized carbons (Fsp3) is 0.833. The predicted octanol–water partition coefficient (Wildman–Crippen LogP) is 1.16. The fourth-order valence-corrected chi connectivity index (χ4v) is 0.386. The largest absolute Gasteiger partial charge is 0.307 e. The van der Waals surface area contributed by atoms with E-state index in [1.165, 1.54) is 0 Å². The maximum atomic E-state index is 5.63. The summed E-state index contributed by atoms with van der Waals surface area (Å²) >= 11 is 0. The van der Waals surface area contributed by atoms with Crippen LogP contribution in [0.25, 0.3) is 0 Å². The number of nitrogens with zero attached hydrogens (tertiary/aromatic N) is 1. The van der Waals surface area contributed by atoms with Gasteiger partial charge in [-0.25, -0.2) is 0 Å². The van der Waals surface area contributed by atoms with Crippen LogP contribution in [0.1, 0.15) is 27.2 Å². The lowest BCUT2D eigenvalue weighted by Gasteiger charge is -2.15. The monoisotopic (exact) mass is 114 g/mol. The van der Waals surface area contributed by atoms with E-state index in [0.29, 0.717) is 0 Å². The zero-order chi connectivity index (χ0) is 6.62. The van der Waals surface area contributed by atoms with Crippen molar-refractivity contribution in [3.8, 4) is 0 Å². The molecule has 0 unspecified atom stereocenters. The van der Waals surface area contributed by atoms with Crippen molar-refractivity contribution >= 4 is 6.21 Å². The van der Waals surface area contributed by atoms with E-state index in [1.807, 2.05) is 20.8 Å². The summed E-state index contributed by atoms with van der Waals surface area (Å²) in [6, 6.07) is 0. The molecule has 2 N–H and O–H groups in total. The summed E-state index contributed by atoms with van der Waals surface area (Å²) in [6.45, 7) is 5.81. The van der Waals surface area contributed by atoms with Crippen LogP contribution in [0, 0.1) is 0 Å². The molecule has 0 heterocycles. The van der Waals surface area contributed by atoms with Crippen molar-refractivity contribution in [3.05, 3.63) is 0 Å². The SMILES string of the molecule is C/C=N\[C@@](C)(N)CC. The Morgan fingerprint density at radius 2 is 2.25 bits per heavy atom. The first-order chi connectivity index (χ1) is 3.62. The number of aliphatic imine (C=N–C) groups is 1. The molecule has 0 aromatic heterocycles. The summed E-state index contributed by atoms with van der Waals surface area (Å²) in [7, 11) is 0. The van der Waals surface area contributed by atoms with Crippen LogP contribution in [0.5, 0.6) is 0 Å². The standard InChI is InChI=1S/C6H14N2/c1-4-6(3,7)8-5-2/h5H,4,7H2,1-3H3/b8-5-/t6-/m1/s1. The second-order valence-corrected chi connectivity index (χ2v) is 2.10. The highest BCUT2D eigenvalue weighted by Crippen LogP contribution is 2.03. The molecule has 0 aromatic rings. The Bertz CT molecular complexity index is 84.5. The van der Waals surface area contributed by atoms with E-state index in [4.69, 9.17) is 5.73 Å². The van der Waals surface area contributed by atoms with Crippen molar-refractivity contribution in [1.82, 2.24) is 0 Å². The molecule has 0 aliphatic heterocycles. The summed E-state index contributed by atoms with van der Waals surface area (Å²) in [6.07, 6.45) is 2.63. The van der Waals surface area contributed by atoms with Crippen LogP contribution in [-0.4, -0.2) is 11.9 Å². The lowest BCUT2D eigenvalue weighted by molar-refractivity contribution is 0.479. The molecule has 0 aromatic carbocycles. The molecule has 2 nitrogen and oxygen atoms in total. The average Bonchev–Trinajstić information content (AvgIpc) is 1.67. The van der Waals surface area contributed by atoms with Crippen molar-refractivity contribution in [2.24, 2.45) is 10.7 Å². The van der Waals surface area contributed by atoms with Gasteiger partial charge < -0.3 is 5.73 Å². The van der Waals surface area contributed by atoms with Crippen LogP contribution >= 0.6 is 0 Å². The molecule has 0 bridgehead atoms. The fourth-order valence-electron chi connectivity index (χ4n) is 0.386. The van der Waals surface area contributed by atoms with Crippen LogP contribution in [0.4, 0.5) is 0 Å². The molecule has 0 aliphatic rings. The molecule has 1 atom stereocenters. The van der Waals surface area contributed by atoms with E-state index >= 15 is 0 Å². The normalized spacial score (nSPS) is 19.0. The zero-order valence-corrected chi connectivity index (χ0v) is 5.81. The van der Waals surface area contributed by atoms with Crippen molar-refractivity contribution in [1.29, 1.82) is 0 Å². The minimum atomic E-state index is -0.339. The molecule has 0 fully saturated rings. The highest BCUT2D eigenvalue weighted by molar-refractivity contribution is 5.53. The average molecular weight is 114 g/mol. The van der Waals surface area contributed by atoms with Gasteiger partial charge in [0.1, 0.15) is 5.66 Å². The molecule has 0 spiro atoms. The Morgan fingerprint density at radius 1 is 1.75 bits per heavy atom. The first-order valence-electron chi connectivity index (χ1n) is 2.91. The summed E-state index contributed by atoms with van der Waals surface area (Å²) in [5.74, 6) is 0. The van der Waals surface area contributed by atoms with Gasteiger partial charge >= 0.3 is 0 Å². The lowest BCUT2D eigenvalue weighted by Crippen LogP contribution is -2.32. The van der Waals surface area contributed by atoms with E-state index in [-0.39, 0.29) is 5.66 Å². The second-order valence-electron chi connectivity index (χ2n) is 2.10. The summed E-state index contributed by atoms with van der Waals surface area (Å²) in [4.78, 5) is 4.03. The first kappa shape index (κ1) is 7.63. The zero-order valence-electron chi connectivity index (χ0n) is 5.81. The topological polar surface area (TPSA) is 38.4 Å². The Hall–Kier alpha value is -0.370. The van der Waals surface area contributed by atoms with Gasteiger partial charge in [0, 0.05) is 0 Å². The van der Waals surface area contributed by atoms with Gasteiger partial charge in [-0.1, -0.05) is 6.92 Å². The Labute approximate surface area is 50.8 Å². The lowest BCUT2D eigenvalue weighted by atomic mass is 10.2. The number of hydrogen-bond donors (Lipinski definition) is 1. The Kier molecular flexibility index (Phi) is 2.69. The van der Waals surface area contributed by atoms with E-state index in [2.05, 4.69) is 4.99 Å². The van der Waals surface area contributed by atoms with Gasteiger partial charge in [0.15, 0.2) is 0 Å². The predicted molar refractivity (Wildman–Crippen MR) is 37.0 cm³/mol. The van der Waals surface area contributed by atoms with E-state index < -0.39 is 0 Å². The molecule has 2 heteroatoms. The molecule has 0 saturated carbocycles. The van der Waals surface area contributed by atoms with Crippen LogP contribution < -0.4 is 5.73 Å². The Balaban J connectivity index is 3.71. The summed E-state index contributed by atoms with van der Waals surface area (Å²) < 4.78 is 0. The molecule has 8 heavy (non-hydrogen) atoms. The molecular weight excluding hydrogens is 100 g/mol. The number of hydrogen-bond acceptors (Lipinski definition) is 2. The quantitative estimate of drug-likeness (QED) is 0.537. The molecule has 48 valence electrons. The highest BCUT2D eigenvalue weighted by Gasteiger charge is 2.09. The molecule has 0 radical (unpaired) electrons. The van der Waals surface area contributed by atoms with E-state index in [9.17, 15) is 0 Å². The van der Waals surface area contributed by atoms with Gasteiger partial charge in [-0.15, -0.1) is 0 Å². The third-order valence-corrected chi connectivity index (χ3v) is 1.14. The van der Waals surface area contributed by atoms with E-state index in [1.54, 1.807) is 6.21 Å². The maximum Gasteiger partial charge on any atom is 0.104 e. The minimum absolute atomic E-state index is 0.339. The number of rotatable bonds is 2. The smallest absolute Gasteiger partial charge is 0.104 e. The van der Waals surface area contributed by atoms with Gasteiger partial charge in [-0.05, 0) is 26.5 Å². The molecule has 0 rings (SSSR count). The van der Waals surface area contributed by atoms with Gasteiger partial charge in [-0.2, -0.15) is 0 Å². The van der Waals surface area contributed by atoms with Crippen molar-refractivity contribution < 1.29 is 0 Å². The highest BCUT2D eigenvalue weighted by atomic mass is 15.0. The van der Waals surface area contributed by atoms with Gasteiger partial charge in [-0.3, -0.25) is 4.99 Å². The minimum Gasteiger partial charge on any atom is -0.307 e. The summed E-state index contributed by atoms with van der Waals surface area (Å²) in [5.41, 5.74) is 5.29. The molecule has 0 amide bonds. The molecular formula is C6H14N2. The molecule has 0 saturated heterocycles. The van der Waals surface area contributed by atoms with Crippen LogP contribution in [0.15, 0.2) is 4.99 Å². The van der Waals surface area contributed by atoms with Gasteiger partial charge in [0.05, 0.1) is 0 Å². The summed E-state index contributed by atoms with van der Waals surface area (Å²) in [5, 5.41) is 0. The van der Waals surface area contributed by atoms with Crippen molar-refractivity contribution in [2.75, 3.05) is 0 Å². The van der Waals surface area contributed by atoms with Gasteiger partial charge in [0.2, 0.25) is 0 Å². The molecule has 0 aliphatic carbocycles. The van der Waals surface area contributed by atoms with Crippen molar-refractivity contribution in [2.45, 2.75) is 32.9 Å². The maximum absolute atomic E-state index is 5.63. The van der Waals surface area contributed by atoms with Crippen LogP contribution in [0.3, 0.4) is 0 Å². The van der Waals surface area contributed by atoms with Crippen LogP contribution in [-0.2, 0) is 0 Å². The number of nitrogens with two attached hydrogens (primary N) is 1. The third-order valence-electron chi connectivity index (χ3n) is 1.14. The Morgan fingerprint density at radius 3 is 2.38 bits per heavy atom. The second kappa shape index (κ2) is 2.82.